The van der Waals surface area contributed by atoms with Gasteiger partial charge in [0, 0.05) is 13.6 Å². The lowest BCUT2D eigenvalue weighted by Gasteiger charge is -2.17. The minimum absolute atomic E-state index is 0.175. The standard InChI is InChI=1S/C13H14FNO3S2/c1-15(7-11-4-5-19-9-11)20(17,18)13-6-10(8-16)2-3-12(13)14/h2-6,9,16H,7-8H2,1H3. The second kappa shape index (κ2) is 6.01. The molecule has 0 atom stereocenters. The third-order valence-corrected chi connectivity index (χ3v) is 5.40. The van der Waals surface area contributed by atoms with Crippen molar-refractivity contribution in [1.29, 1.82) is 0 Å². The van der Waals surface area contributed by atoms with Gasteiger partial charge in [-0.2, -0.15) is 15.6 Å². The zero-order valence-electron chi connectivity index (χ0n) is 10.8. The van der Waals surface area contributed by atoms with Gasteiger partial charge >= 0.3 is 0 Å². The van der Waals surface area contributed by atoms with Crippen molar-refractivity contribution < 1.29 is 17.9 Å². The molecule has 20 heavy (non-hydrogen) atoms. The quantitative estimate of drug-likeness (QED) is 0.920. The van der Waals surface area contributed by atoms with Gasteiger partial charge in [-0.05, 0) is 40.1 Å². The monoisotopic (exact) mass is 315 g/mol. The lowest BCUT2D eigenvalue weighted by molar-refractivity contribution is 0.281. The summed E-state index contributed by atoms with van der Waals surface area (Å²) in [7, 11) is -2.53. The summed E-state index contributed by atoms with van der Waals surface area (Å²) >= 11 is 1.47. The van der Waals surface area contributed by atoms with Gasteiger partial charge < -0.3 is 5.11 Å². The van der Waals surface area contributed by atoms with Crippen LogP contribution in [0.3, 0.4) is 0 Å². The van der Waals surface area contributed by atoms with Crippen LogP contribution < -0.4 is 0 Å². The first-order chi connectivity index (χ1) is 9.45. The normalized spacial score (nSPS) is 12.0. The van der Waals surface area contributed by atoms with Crippen molar-refractivity contribution >= 4 is 21.4 Å². The van der Waals surface area contributed by atoms with Gasteiger partial charge in [-0.15, -0.1) is 0 Å². The number of hydrogen-bond acceptors (Lipinski definition) is 4. The van der Waals surface area contributed by atoms with E-state index in [1.807, 2.05) is 16.8 Å². The van der Waals surface area contributed by atoms with E-state index in [4.69, 9.17) is 5.11 Å². The number of thiophene rings is 1. The molecule has 0 bridgehead atoms. The van der Waals surface area contributed by atoms with Crippen molar-refractivity contribution in [2.24, 2.45) is 0 Å². The van der Waals surface area contributed by atoms with Gasteiger partial charge in [-0.1, -0.05) is 6.07 Å². The molecule has 108 valence electrons. The number of sulfonamides is 1. The van der Waals surface area contributed by atoms with Crippen LogP contribution in [-0.4, -0.2) is 24.9 Å². The molecule has 1 aromatic carbocycles. The molecule has 0 aliphatic heterocycles. The second-order valence-corrected chi connectivity index (χ2v) is 7.11. The Morgan fingerprint density at radius 2 is 2.05 bits per heavy atom. The lowest BCUT2D eigenvalue weighted by atomic mass is 10.2. The molecule has 1 N–H and O–H groups in total. The van der Waals surface area contributed by atoms with E-state index in [-0.39, 0.29) is 13.2 Å². The van der Waals surface area contributed by atoms with Crippen LogP contribution in [-0.2, 0) is 23.2 Å². The Hall–Kier alpha value is -1.28. The lowest BCUT2D eigenvalue weighted by Crippen LogP contribution is -2.27. The third kappa shape index (κ3) is 3.06. The van der Waals surface area contributed by atoms with Crippen molar-refractivity contribution in [3.63, 3.8) is 0 Å². The summed E-state index contributed by atoms with van der Waals surface area (Å²) in [5.74, 6) is -0.820. The average Bonchev–Trinajstić information content (AvgIpc) is 2.92. The second-order valence-electron chi connectivity index (χ2n) is 4.32. The van der Waals surface area contributed by atoms with Crippen LogP contribution in [0.2, 0.25) is 0 Å². The summed E-state index contributed by atoms with van der Waals surface area (Å²) < 4.78 is 39.6. The molecule has 0 fully saturated rings. The fourth-order valence-corrected chi connectivity index (χ4v) is 3.67. The largest absolute Gasteiger partial charge is 0.392 e. The average molecular weight is 315 g/mol. The van der Waals surface area contributed by atoms with Gasteiger partial charge in [0.25, 0.3) is 0 Å². The number of benzene rings is 1. The maximum absolute atomic E-state index is 13.8. The number of aliphatic hydroxyl groups excluding tert-OH is 1. The van der Waals surface area contributed by atoms with E-state index in [0.717, 1.165) is 22.0 Å². The van der Waals surface area contributed by atoms with E-state index in [2.05, 4.69) is 0 Å². The van der Waals surface area contributed by atoms with Crippen LogP contribution in [0.25, 0.3) is 0 Å². The molecule has 7 heteroatoms. The maximum atomic E-state index is 13.8. The molecule has 0 aliphatic carbocycles. The van der Waals surface area contributed by atoms with Crippen LogP contribution in [0.4, 0.5) is 4.39 Å². The van der Waals surface area contributed by atoms with Gasteiger partial charge in [0.05, 0.1) is 6.61 Å². The van der Waals surface area contributed by atoms with Crippen molar-refractivity contribution in [2.75, 3.05) is 7.05 Å². The Balaban J connectivity index is 2.34. The number of halogens is 1. The summed E-state index contributed by atoms with van der Waals surface area (Å²) in [5, 5.41) is 12.7. The van der Waals surface area contributed by atoms with Crippen LogP contribution in [0.5, 0.6) is 0 Å². The first-order valence-corrected chi connectivity index (χ1v) is 8.20. The van der Waals surface area contributed by atoms with Crippen LogP contribution in [0, 0.1) is 5.82 Å². The molecule has 0 radical (unpaired) electrons. The van der Waals surface area contributed by atoms with Crippen LogP contribution in [0.1, 0.15) is 11.1 Å². The fraction of sp³-hybridized carbons (Fsp3) is 0.231. The highest BCUT2D eigenvalue weighted by molar-refractivity contribution is 7.89. The summed E-state index contributed by atoms with van der Waals surface area (Å²) in [4.78, 5) is -0.415. The van der Waals surface area contributed by atoms with E-state index in [1.165, 1.54) is 24.5 Å². The number of rotatable bonds is 5. The molecule has 2 rings (SSSR count). The molecule has 4 nitrogen and oxygen atoms in total. The highest BCUT2D eigenvalue weighted by Gasteiger charge is 2.25. The predicted octanol–water partition coefficient (Wildman–Crippen LogP) is 2.20. The molecule has 0 amide bonds. The molecule has 0 saturated heterocycles. The molecule has 0 saturated carbocycles. The zero-order valence-corrected chi connectivity index (χ0v) is 12.4. The Morgan fingerprint density at radius 1 is 1.30 bits per heavy atom. The summed E-state index contributed by atoms with van der Waals surface area (Å²) in [6, 6.07) is 5.38. The molecule has 0 spiro atoms. The van der Waals surface area contributed by atoms with E-state index >= 15 is 0 Å². The molecule has 0 aliphatic rings. The van der Waals surface area contributed by atoms with E-state index < -0.39 is 20.7 Å². The summed E-state index contributed by atoms with van der Waals surface area (Å²) in [6.45, 7) is -0.161. The van der Waals surface area contributed by atoms with E-state index in [9.17, 15) is 12.8 Å². The summed E-state index contributed by atoms with van der Waals surface area (Å²) in [5.41, 5.74) is 1.20. The summed E-state index contributed by atoms with van der Waals surface area (Å²) in [6.07, 6.45) is 0. The Bertz CT molecular complexity index is 684. The molecular formula is C13H14FNO3S2. The number of nitrogens with zero attached hydrogens (tertiary/aromatic N) is 1. The number of hydrogen-bond donors (Lipinski definition) is 1. The topological polar surface area (TPSA) is 57.6 Å². The van der Waals surface area contributed by atoms with Crippen molar-refractivity contribution in [3.05, 3.63) is 52.0 Å². The van der Waals surface area contributed by atoms with Gasteiger partial charge in [-0.3, -0.25) is 0 Å². The highest BCUT2D eigenvalue weighted by atomic mass is 32.2. The molecule has 2 aromatic rings. The first-order valence-electron chi connectivity index (χ1n) is 5.82. The van der Waals surface area contributed by atoms with Gasteiger partial charge in [0.15, 0.2) is 0 Å². The smallest absolute Gasteiger partial charge is 0.246 e. The van der Waals surface area contributed by atoms with Gasteiger partial charge in [-0.25, -0.2) is 12.8 Å². The predicted molar refractivity (Wildman–Crippen MR) is 75.3 cm³/mol. The first kappa shape index (κ1) is 15.1. The van der Waals surface area contributed by atoms with Crippen molar-refractivity contribution in [2.45, 2.75) is 18.0 Å². The maximum Gasteiger partial charge on any atom is 0.246 e. The van der Waals surface area contributed by atoms with Gasteiger partial charge in [0.2, 0.25) is 10.0 Å². The minimum atomic E-state index is -3.93. The third-order valence-electron chi connectivity index (χ3n) is 2.85. The Morgan fingerprint density at radius 3 is 2.65 bits per heavy atom. The molecule has 1 aromatic heterocycles. The van der Waals surface area contributed by atoms with Gasteiger partial charge in [0.1, 0.15) is 10.7 Å². The molecular weight excluding hydrogens is 301 g/mol. The molecule has 0 unspecified atom stereocenters. The van der Waals surface area contributed by atoms with Crippen molar-refractivity contribution in [1.82, 2.24) is 4.31 Å². The van der Waals surface area contributed by atoms with Crippen LogP contribution in [0.15, 0.2) is 39.9 Å². The Labute approximate surface area is 121 Å². The van der Waals surface area contributed by atoms with E-state index in [1.54, 1.807) is 0 Å². The Kier molecular flexibility index (Phi) is 4.54. The highest BCUT2D eigenvalue weighted by Crippen LogP contribution is 2.22. The SMILES string of the molecule is CN(Cc1ccsc1)S(=O)(=O)c1cc(CO)ccc1F. The van der Waals surface area contributed by atoms with Crippen molar-refractivity contribution in [3.8, 4) is 0 Å². The van der Waals surface area contributed by atoms with E-state index in [0.29, 0.717) is 5.56 Å². The number of aliphatic hydroxyl groups is 1. The zero-order chi connectivity index (χ0) is 14.8. The molecule has 1 heterocycles. The van der Waals surface area contributed by atoms with Crippen LogP contribution >= 0.6 is 11.3 Å². The minimum Gasteiger partial charge on any atom is -0.392 e. The fourth-order valence-electron chi connectivity index (χ4n) is 1.74.